The molecule has 0 aliphatic heterocycles. The largest absolute Gasteiger partial charge is 0.456 e. The highest BCUT2D eigenvalue weighted by molar-refractivity contribution is 6.06. The Hall–Kier alpha value is -2.72. The average molecular weight is 256 g/mol. The van der Waals surface area contributed by atoms with Crippen LogP contribution in [0.3, 0.4) is 0 Å². The molecule has 0 saturated carbocycles. The molecular formula is C19H12O. The van der Waals surface area contributed by atoms with Crippen molar-refractivity contribution in [2.24, 2.45) is 0 Å². The monoisotopic (exact) mass is 256 g/mol. The second-order valence-corrected chi connectivity index (χ2v) is 5.01. The third-order valence-corrected chi connectivity index (χ3v) is 3.58. The predicted molar refractivity (Wildman–Crippen MR) is 82.5 cm³/mol. The normalized spacial score (nSPS) is 13.8. The highest BCUT2D eigenvalue weighted by Gasteiger charge is 2.08. The molecule has 0 bridgehead atoms. The van der Waals surface area contributed by atoms with E-state index in [4.69, 9.17) is 4.42 Å². The van der Waals surface area contributed by atoms with E-state index in [-0.39, 0.29) is 0 Å². The van der Waals surface area contributed by atoms with Gasteiger partial charge in [-0.25, -0.2) is 0 Å². The van der Waals surface area contributed by atoms with Crippen molar-refractivity contribution >= 4 is 27.5 Å². The molecule has 2 aromatic carbocycles. The van der Waals surface area contributed by atoms with Gasteiger partial charge in [-0.2, -0.15) is 0 Å². The summed E-state index contributed by atoms with van der Waals surface area (Å²) in [7, 11) is 0. The van der Waals surface area contributed by atoms with Crippen LogP contribution in [-0.4, -0.2) is 0 Å². The van der Waals surface area contributed by atoms with E-state index in [1.165, 1.54) is 5.56 Å². The molecule has 1 heteroatoms. The molecular weight excluding hydrogens is 244 g/mol. The molecule has 1 nitrogen and oxygen atoms in total. The van der Waals surface area contributed by atoms with Crippen molar-refractivity contribution in [2.75, 3.05) is 0 Å². The first-order valence-electron chi connectivity index (χ1n) is 6.63. The van der Waals surface area contributed by atoms with E-state index in [9.17, 15) is 0 Å². The van der Waals surface area contributed by atoms with Crippen LogP contribution in [0.1, 0.15) is 12.5 Å². The minimum absolute atomic E-state index is 0.929. The van der Waals surface area contributed by atoms with E-state index >= 15 is 0 Å². The Morgan fingerprint density at radius 1 is 0.950 bits per heavy atom. The third-order valence-electron chi connectivity index (χ3n) is 3.58. The van der Waals surface area contributed by atoms with Crippen molar-refractivity contribution in [1.82, 2.24) is 0 Å². The first-order chi connectivity index (χ1) is 9.81. The summed E-state index contributed by atoms with van der Waals surface area (Å²) in [6.07, 6.45) is 4.09. The lowest BCUT2D eigenvalue weighted by Crippen LogP contribution is -1.83. The Bertz CT molecular complexity index is 969. The lowest BCUT2D eigenvalue weighted by atomic mass is 9.99. The van der Waals surface area contributed by atoms with Gasteiger partial charge in [0.15, 0.2) is 0 Å². The minimum atomic E-state index is 0.929. The molecule has 0 saturated heterocycles. The van der Waals surface area contributed by atoms with Gasteiger partial charge < -0.3 is 4.42 Å². The molecule has 1 aliphatic rings. The van der Waals surface area contributed by atoms with Gasteiger partial charge in [0.05, 0.1) is 0 Å². The van der Waals surface area contributed by atoms with Gasteiger partial charge in [-0.15, -0.1) is 0 Å². The van der Waals surface area contributed by atoms with E-state index < -0.39 is 0 Å². The predicted octanol–water partition coefficient (Wildman–Crippen LogP) is 5.24. The van der Waals surface area contributed by atoms with Gasteiger partial charge in [0.2, 0.25) is 0 Å². The first-order valence-corrected chi connectivity index (χ1v) is 6.63. The van der Waals surface area contributed by atoms with Crippen LogP contribution in [0.25, 0.3) is 27.5 Å². The summed E-state index contributed by atoms with van der Waals surface area (Å²) in [6, 6.07) is 14.5. The fraction of sp³-hybridized carbons (Fsp3) is 0.0526. The van der Waals surface area contributed by atoms with Gasteiger partial charge in [-0.05, 0) is 54.0 Å². The SMILES string of the molecule is CC1=C=C=CC(c2ccc3oc4ccccc4c3c2)=C1. The molecule has 1 aliphatic carbocycles. The lowest BCUT2D eigenvalue weighted by Gasteiger charge is -2.03. The van der Waals surface area contributed by atoms with Gasteiger partial charge in [0.25, 0.3) is 0 Å². The Kier molecular flexibility index (Phi) is 2.31. The van der Waals surface area contributed by atoms with Gasteiger partial charge in [0.1, 0.15) is 11.2 Å². The van der Waals surface area contributed by atoms with Gasteiger partial charge in [-0.3, -0.25) is 0 Å². The maximum atomic E-state index is 5.85. The van der Waals surface area contributed by atoms with Crippen molar-refractivity contribution in [3.8, 4) is 0 Å². The minimum Gasteiger partial charge on any atom is -0.456 e. The Morgan fingerprint density at radius 2 is 1.80 bits per heavy atom. The molecule has 0 fully saturated rings. The molecule has 0 spiro atoms. The quantitative estimate of drug-likeness (QED) is 0.543. The number of rotatable bonds is 1. The molecule has 4 rings (SSSR count). The van der Waals surface area contributed by atoms with Crippen molar-refractivity contribution in [3.63, 3.8) is 0 Å². The second-order valence-electron chi connectivity index (χ2n) is 5.01. The van der Waals surface area contributed by atoms with Crippen LogP contribution in [0.5, 0.6) is 0 Å². The van der Waals surface area contributed by atoms with Crippen LogP contribution in [0, 0.1) is 0 Å². The van der Waals surface area contributed by atoms with Crippen LogP contribution >= 0.6 is 0 Å². The Morgan fingerprint density at radius 3 is 2.70 bits per heavy atom. The van der Waals surface area contributed by atoms with Gasteiger partial charge in [-0.1, -0.05) is 35.7 Å². The van der Waals surface area contributed by atoms with Gasteiger partial charge in [0, 0.05) is 10.8 Å². The number of para-hydroxylation sites is 1. The third kappa shape index (κ3) is 1.66. The van der Waals surface area contributed by atoms with Crippen LogP contribution in [0.15, 0.2) is 76.1 Å². The summed E-state index contributed by atoms with van der Waals surface area (Å²) in [5.41, 5.74) is 11.4. The number of furan rings is 1. The highest BCUT2D eigenvalue weighted by atomic mass is 16.3. The molecule has 1 heterocycles. The van der Waals surface area contributed by atoms with Crippen molar-refractivity contribution in [2.45, 2.75) is 6.92 Å². The van der Waals surface area contributed by atoms with Crippen molar-refractivity contribution in [3.05, 3.63) is 77.2 Å². The van der Waals surface area contributed by atoms with Crippen molar-refractivity contribution < 1.29 is 4.42 Å². The molecule has 0 atom stereocenters. The summed E-state index contributed by atoms with van der Waals surface area (Å²) >= 11 is 0. The molecule has 1 aromatic heterocycles. The number of hydrogen-bond donors (Lipinski definition) is 0. The maximum Gasteiger partial charge on any atom is 0.135 e. The Balaban J connectivity index is 1.97. The molecule has 94 valence electrons. The Labute approximate surface area is 116 Å². The number of fused-ring (bicyclic) bond motifs is 3. The van der Waals surface area contributed by atoms with E-state index in [1.807, 2.05) is 37.3 Å². The van der Waals surface area contributed by atoms with Crippen LogP contribution in [-0.2, 0) is 0 Å². The first kappa shape index (κ1) is 11.1. The molecule has 0 N–H and O–H groups in total. The molecule has 0 unspecified atom stereocenters. The molecule has 0 radical (unpaired) electrons. The summed E-state index contributed by atoms with van der Waals surface area (Å²) in [5.74, 6) is 0. The van der Waals surface area contributed by atoms with Crippen LogP contribution in [0.2, 0.25) is 0 Å². The summed E-state index contributed by atoms with van der Waals surface area (Å²) in [5, 5.41) is 2.32. The van der Waals surface area contributed by atoms with E-state index in [0.29, 0.717) is 0 Å². The fourth-order valence-corrected chi connectivity index (χ4v) is 2.61. The average Bonchev–Trinajstić information content (AvgIpc) is 2.85. The molecule has 3 aromatic rings. The fourth-order valence-electron chi connectivity index (χ4n) is 2.61. The van der Waals surface area contributed by atoms with E-state index in [0.717, 1.165) is 33.1 Å². The van der Waals surface area contributed by atoms with Crippen molar-refractivity contribution in [1.29, 1.82) is 0 Å². The number of hydrogen-bond acceptors (Lipinski definition) is 1. The van der Waals surface area contributed by atoms with Crippen LogP contribution in [0.4, 0.5) is 0 Å². The number of benzene rings is 2. The zero-order valence-electron chi connectivity index (χ0n) is 11.1. The van der Waals surface area contributed by atoms with E-state index in [1.54, 1.807) is 0 Å². The lowest BCUT2D eigenvalue weighted by molar-refractivity contribution is 0.669. The highest BCUT2D eigenvalue weighted by Crippen LogP contribution is 2.31. The molecule has 20 heavy (non-hydrogen) atoms. The smallest absolute Gasteiger partial charge is 0.135 e. The molecule has 0 amide bonds. The zero-order chi connectivity index (χ0) is 13.5. The van der Waals surface area contributed by atoms with Gasteiger partial charge >= 0.3 is 0 Å². The summed E-state index contributed by atoms with van der Waals surface area (Å²) in [4.78, 5) is 0. The summed E-state index contributed by atoms with van der Waals surface area (Å²) in [6.45, 7) is 2.03. The number of allylic oxidation sites excluding steroid dienone is 4. The standard InChI is InChI=1S/C19H12O/c1-13-5-4-6-14(11-13)15-9-10-19-17(12-15)16-7-2-3-8-18(16)20-19/h2-3,6-12H,1H3. The van der Waals surface area contributed by atoms with Crippen LogP contribution < -0.4 is 0 Å². The van der Waals surface area contributed by atoms with E-state index in [2.05, 4.69) is 35.7 Å². The second kappa shape index (κ2) is 4.15. The zero-order valence-corrected chi connectivity index (χ0v) is 11.1. The summed E-state index contributed by atoms with van der Waals surface area (Å²) < 4.78 is 5.85. The topological polar surface area (TPSA) is 13.1 Å². The maximum absolute atomic E-state index is 5.85.